The van der Waals surface area contributed by atoms with Gasteiger partial charge in [-0.3, -0.25) is 9.69 Å². The van der Waals surface area contributed by atoms with Crippen molar-refractivity contribution in [2.45, 2.75) is 38.3 Å². The van der Waals surface area contributed by atoms with Crippen LogP contribution in [0.5, 0.6) is 0 Å². The van der Waals surface area contributed by atoms with Gasteiger partial charge in [-0.1, -0.05) is 79.0 Å². The highest BCUT2D eigenvalue weighted by Gasteiger charge is 2.39. The highest BCUT2D eigenvalue weighted by atomic mass is 35.5. The fraction of sp³-hybridized carbons (Fsp3) is 0.200. The second kappa shape index (κ2) is 10.00. The lowest BCUT2D eigenvalue weighted by molar-refractivity contribution is -0.123. The fourth-order valence-electron chi connectivity index (χ4n) is 5.13. The summed E-state index contributed by atoms with van der Waals surface area (Å²) >= 11 is 7.94. The van der Waals surface area contributed by atoms with Gasteiger partial charge in [0.05, 0.1) is 10.6 Å². The van der Waals surface area contributed by atoms with Crippen LogP contribution in [0.3, 0.4) is 0 Å². The van der Waals surface area contributed by atoms with Gasteiger partial charge in [-0.25, -0.2) is 4.99 Å². The number of halogens is 1. The third kappa shape index (κ3) is 4.49. The molecule has 3 aromatic carbocycles. The fourth-order valence-corrected chi connectivity index (χ4v) is 6.38. The van der Waals surface area contributed by atoms with Crippen molar-refractivity contribution in [3.8, 4) is 0 Å². The molecule has 36 heavy (non-hydrogen) atoms. The molecule has 2 heterocycles. The summed E-state index contributed by atoms with van der Waals surface area (Å²) in [5.41, 5.74) is 4.08. The molecule has 4 nitrogen and oxygen atoms in total. The first-order chi connectivity index (χ1) is 17.7. The lowest BCUT2D eigenvalue weighted by atomic mass is 10.1. The zero-order valence-electron chi connectivity index (χ0n) is 19.8. The maximum atomic E-state index is 13.7. The van der Waals surface area contributed by atoms with Gasteiger partial charge >= 0.3 is 0 Å². The van der Waals surface area contributed by atoms with E-state index in [0.29, 0.717) is 6.54 Å². The number of carbonyl (C=O) groups is 1. The first-order valence-electron chi connectivity index (χ1n) is 12.4. The zero-order chi connectivity index (χ0) is 24.5. The maximum absolute atomic E-state index is 13.7. The molecular formula is C30H26ClN3OS. The molecule has 0 unspecified atom stereocenters. The number of aliphatic imine (C=N–C) groups is 1. The Balaban J connectivity index is 1.39. The van der Waals surface area contributed by atoms with Crippen molar-refractivity contribution in [2.75, 3.05) is 0 Å². The van der Waals surface area contributed by atoms with E-state index >= 15 is 0 Å². The first kappa shape index (κ1) is 23.1. The number of amidine groups is 1. The van der Waals surface area contributed by atoms with Gasteiger partial charge in [0.25, 0.3) is 5.91 Å². The normalized spacial score (nSPS) is 18.8. The third-order valence-electron chi connectivity index (χ3n) is 6.91. The van der Waals surface area contributed by atoms with Crippen LogP contribution in [0, 0.1) is 0 Å². The van der Waals surface area contributed by atoms with Crippen LogP contribution >= 0.6 is 23.4 Å². The average molecular weight is 512 g/mol. The molecule has 1 aliphatic carbocycles. The van der Waals surface area contributed by atoms with E-state index in [2.05, 4.69) is 29.0 Å². The Kier molecular flexibility index (Phi) is 6.43. The quantitative estimate of drug-likeness (QED) is 0.255. The molecule has 2 fully saturated rings. The van der Waals surface area contributed by atoms with Gasteiger partial charge in [-0.15, -0.1) is 0 Å². The van der Waals surface area contributed by atoms with E-state index in [1.807, 2.05) is 71.6 Å². The van der Waals surface area contributed by atoms with Gasteiger partial charge in [-0.05, 0) is 60.5 Å². The predicted octanol–water partition coefficient (Wildman–Crippen LogP) is 7.89. The van der Waals surface area contributed by atoms with Gasteiger partial charge in [0.1, 0.15) is 0 Å². The Morgan fingerprint density at radius 1 is 0.944 bits per heavy atom. The van der Waals surface area contributed by atoms with Crippen molar-refractivity contribution in [2.24, 2.45) is 4.99 Å². The van der Waals surface area contributed by atoms with E-state index in [1.54, 1.807) is 0 Å². The summed E-state index contributed by atoms with van der Waals surface area (Å²) in [6.45, 7) is 0.666. The number of hydrogen-bond acceptors (Lipinski definition) is 3. The summed E-state index contributed by atoms with van der Waals surface area (Å²) in [5, 5.41) is 2.65. The van der Waals surface area contributed by atoms with Crippen LogP contribution in [0.25, 0.3) is 17.0 Å². The lowest BCUT2D eigenvalue weighted by Crippen LogP contribution is -2.37. The maximum Gasteiger partial charge on any atom is 0.267 e. The van der Waals surface area contributed by atoms with E-state index in [-0.39, 0.29) is 11.9 Å². The molecule has 1 aliphatic heterocycles. The number of nitrogens with zero attached hydrogens (tertiary/aromatic N) is 3. The summed E-state index contributed by atoms with van der Waals surface area (Å²) in [6.07, 6.45) is 8.54. The molecule has 1 saturated heterocycles. The van der Waals surface area contributed by atoms with Crippen LogP contribution in [0.1, 0.15) is 36.8 Å². The van der Waals surface area contributed by atoms with Gasteiger partial charge in [0, 0.05) is 40.3 Å². The second-order valence-corrected chi connectivity index (χ2v) is 10.7. The number of amides is 1. The number of hydrogen-bond donors (Lipinski definition) is 0. The number of para-hydroxylation sites is 2. The molecule has 1 aromatic heterocycles. The molecule has 4 aromatic rings. The van der Waals surface area contributed by atoms with Crippen molar-refractivity contribution >= 4 is 57.1 Å². The molecule has 0 N–H and O–H groups in total. The Morgan fingerprint density at radius 2 is 1.67 bits per heavy atom. The summed E-state index contributed by atoms with van der Waals surface area (Å²) < 4.78 is 2.21. The molecule has 0 atom stereocenters. The Morgan fingerprint density at radius 3 is 2.47 bits per heavy atom. The van der Waals surface area contributed by atoms with Gasteiger partial charge < -0.3 is 4.57 Å². The van der Waals surface area contributed by atoms with E-state index in [1.165, 1.54) is 11.8 Å². The van der Waals surface area contributed by atoms with E-state index < -0.39 is 0 Å². The standard InChI is InChI=1S/C30H26ClN3OS/c31-26-16-8-4-10-21(26)19-33-20-22(25-15-7-9-17-27(25)33)18-28-29(35)34(24-13-5-6-14-24)30(36-28)32-23-11-2-1-3-12-23/h1-4,7-12,15-18,20,24H,5-6,13-14,19H2/b28-18-,32-30?. The largest absolute Gasteiger partial charge is 0.342 e. The predicted molar refractivity (Wildman–Crippen MR) is 151 cm³/mol. The Bertz CT molecular complexity index is 1480. The van der Waals surface area contributed by atoms with Gasteiger partial charge in [0.2, 0.25) is 0 Å². The molecule has 1 saturated carbocycles. The van der Waals surface area contributed by atoms with Crippen LogP contribution in [0.4, 0.5) is 5.69 Å². The second-order valence-electron chi connectivity index (χ2n) is 9.27. The zero-order valence-corrected chi connectivity index (χ0v) is 21.4. The number of aromatic nitrogens is 1. The highest BCUT2D eigenvalue weighted by molar-refractivity contribution is 8.18. The lowest BCUT2D eigenvalue weighted by Gasteiger charge is -2.22. The minimum absolute atomic E-state index is 0.0597. The first-order valence-corrected chi connectivity index (χ1v) is 13.5. The van der Waals surface area contributed by atoms with Crippen LogP contribution in [0.15, 0.2) is 95.0 Å². The number of rotatable bonds is 5. The van der Waals surface area contributed by atoms with Crippen LogP contribution < -0.4 is 0 Å². The number of carbonyl (C=O) groups excluding carboxylic acids is 1. The number of fused-ring (bicyclic) bond motifs is 1. The monoisotopic (exact) mass is 511 g/mol. The van der Waals surface area contributed by atoms with Crippen molar-refractivity contribution in [1.82, 2.24) is 9.47 Å². The molecule has 2 aliphatic rings. The molecule has 6 heteroatoms. The smallest absolute Gasteiger partial charge is 0.267 e. The van der Waals surface area contributed by atoms with E-state index in [4.69, 9.17) is 16.6 Å². The summed E-state index contributed by atoms with van der Waals surface area (Å²) in [4.78, 5) is 21.3. The minimum atomic E-state index is 0.0597. The SMILES string of the molecule is O=C1/C(=C/c2cn(Cc3ccccc3Cl)c3ccccc23)SC(=Nc2ccccc2)N1C1CCCC1. The van der Waals surface area contributed by atoms with Gasteiger partial charge in [-0.2, -0.15) is 0 Å². The average Bonchev–Trinajstić information content (AvgIpc) is 3.61. The van der Waals surface area contributed by atoms with Crippen LogP contribution in [-0.2, 0) is 11.3 Å². The number of thioether (sulfide) groups is 1. The summed E-state index contributed by atoms with van der Waals surface area (Å²) in [7, 11) is 0. The van der Waals surface area contributed by atoms with Crippen molar-refractivity contribution in [3.63, 3.8) is 0 Å². The van der Waals surface area contributed by atoms with E-state index in [9.17, 15) is 4.79 Å². The molecular weight excluding hydrogens is 486 g/mol. The van der Waals surface area contributed by atoms with Gasteiger partial charge in [0.15, 0.2) is 5.17 Å². The molecule has 6 rings (SSSR count). The summed E-state index contributed by atoms with van der Waals surface area (Å²) in [6, 6.07) is 26.4. The Labute approximate surface area is 220 Å². The Hall–Kier alpha value is -3.28. The minimum Gasteiger partial charge on any atom is -0.342 e. The number of benzene rings is 3. The van der Waals surface area contributed by atoms with Crippen molar-refractivity contribution < 1.29 is 4.79 Å². The van der Waals surface area contributed by atoms with Crippen molar-refractivity contribution in [1.29, 1.82) is 0 Å². The van der Waals surface area contributed by atoms with E-state index in [0.717, 1.165) is 68.5 Å². The third-order valence-corrected chi connectivity index (χ3v) is 8.26. The topological polar surface area (TPSA) is 37.6 Å². The van der Waals surface area contributed by atoms with Crippen LogP contribution in [-0.4, -0.2) is 26.6 Å². The highest BCUT2D eigenvalue weighted by Crippen LogP contribution is 2.39. The molecule has 0 spiro atoms. The molecule has 0 radical (unpaired) electrons. The molecule has 0 bridgehead atoms. The van der Waals surface area contributed by atoms with Crippen molar-refractivity contribution in [3.05, 3.63) is 106 Å². The summed E-state index contributed by atoms with van der Waals surface area (Å²) in [5.74, 6) is 0.0597. The molecule has 1 amide bonds. The molecule has 180 valence electrons. The van der Waals surface area contributed by atoms with Crippen LogP contribution in [0.2, 0.25) is 5.02 Å².